The molecule has 4 rings (SSSR count). The maximum atomic E-state index is 13.1. The van der Waals surface area contributed by atoms with Crippen molar-refractivity contribution in [1.82, 2.24) is 14.8 Å². The van der Waals surface area contributed by atoms with Gasteiger partial charge in [0.05, 0.1) is 11.4 Å². The molecule has 0 aliphatic carbocycles. The lowest BCUT2D eigenvalue weighted by Crippen LogP contribution is -2.36. The topological polar surface area (TPSA) is 51.0 Å². The van der Waals surface area contributed by atoms with Crippen LogP contribution in [0, 0.1) is 13.8 Å². The Labute approximate surface area is 157 Å². The van der Waals surface area contributed by atoms with E-state index in [0.29, 0.717) is 17.4 Å². The first-order chi connectivity index (χ1) is 12.5. The zero-order chi connectivity index (χ0) is 18.3. The van der Waals surface area contributed by atoms with E-state index < -0.39 is 0 Å². The highest BCUT2D eigenvalue weighted by atomic mass is 35.5. The number of aromatic nitrogens is 3. The number of benzene rings is 2. The number of hydrogen-bond donors (Lipinski definition) is 0. The number of amides is 1. The van der Waals surface area contributed by atoms with Crippen LogP contribution < -0.4 is 4.90 Å². The fraction of sp³-hybridized carbons (Fsp3) is 0.250. The lowest BCUT2D eigenvalue weighted by atomic mass is 9.98. The summed E-state index contributed by atoms with van der Waals surface area (Å²) in [4.78, 5) is 19.4. The molecule has 0 atom stereocenters. The minimum absolute atomic E-state index is 0.156. The average Bonchev–Trinajstić information content (AvgIpc) is 3.03. The number of hydrogen-bond acceptors (Lipinski definition) is 3. The monoisotopic (exact) mass is 366 g/mol. The summed E-state index contributed by atoms with van der Waals surface area (Å²) in [6.45, 7) is 4.56. The summed E-state index contributed by atoms with van der Waals surface area (Å²) in [5, 5.41) is 5.11. The quantitative estimate of drug-likeness (QED) is 0.685. The number of nitrogens with zero attached hydrogens (tertiary/aromatic N) is 4. The Balaban J connectivity index is 1.71. The maximum absolute atomic E-state index is 13.1. The molecule has 5 nitrogen and oxygen atoms in total. The Morgan fingerprint density at radius 2 is 1.88 bits per heavy atom. The van der Waals surface area contributed by atoms with Crippen LogP contribution in [0.25, 0.3) is 5.69 Å². The van der Waals surface area contributed by atoms with Crippen molar-refractivity contribution < 1.29 is 4.79 Å². The number of rotatable bonds is 2. The molecule has 26 heavy (non-hydrogen) atoms. The highest BCUT2D eigenvalue weighted by molar-refractivity contribution is 6.30. The van der Waals surface area contributed by atoms with Crippen LogP contribution in [0.4, 0.5) is 5.69 Å². The molecule has 6 heteroatoms. The minimum atomic E-state index is -0.156. The molecule has 0 saturated carbocycles. The molecule has 1 aliphatic heterocycles. The predicted octanol–water partition coefficient (Wildman–Crippen LogP) is 4.13. The van der Waals surface area contributed by atoms with Crippen LogP contribution in [-0.4, -0.2) is 27.2 Å². The zero-order valence-electron chi connectivity index (χ0n) is 14.7. The highest BCUT2D eigenvalue weighted by Crippen LogP contribution is 2.31. The number of para-hydroxylation sites is 1. The lowest BCUT2D eigenvalue weighted by Gasteiger charge is -2.30. The molecule has 0 fully saturated rings. The van der Waals surface area contributed by atoms with E-state index in [0.717, 1.165) is 29.8 Å². The van der Waals surface area contributed by atoms with Gasteiger partial charge in [0.15, 0.2) is 0 Å². The maximum Gasteiger partial charge on any atom is 0.297 e. The Kier molecular flexibility index (Phi) is 4.24. The largest absolute Gasteiger partial charge is 0.305 e. The molecular weight excluding hydrogens is 348 g/mol. The molecule has 0 saturated heterocycles. The number of fused-ring (bicyclic) bond motifs is 1. The van der Waals surface area contributed by atoms with Gasteiger partial charge in [-0.2, -0.15) is 0 Å². The van der Waals surface area contributed by atoms with Crippen LogP contribution in [0.2, 0.25) is 5.02 Å². The van der Waals surface area contributed by atoms with Crippen molar-refractivity contribution in [3.05, 3.63) is 70.3 Å². The summed E-state index contributed by atoms with van der Waals surface area (Å²) in [5.74, 6) is 0.724. The second kappa shape index (κ2) is 6.57. The molecule has 0 bridgehead atoms. The summed E-state index contributed by atoms with van der Waals surface area (Å²) in [5.41, 5.74) is 4.14. The van der Waals surface area contributed by atoms with E-state index in [1.54, 1.807) is 16.8 Å². The second-order valence-electron chi connectivity index (χ2n) is 6.51. The molecule has 0 N–H and O–H groups in total. The third-order valence-electron chi connectivity index (χ3n) is 4.70. The van der Waals surface area contributed by atoms with Gasteiger partial charge in [0.1, 0.15) is 5.82 Å². The second-order valence-corrected chi connectivity index (χ2v) is 6.95. The van der Waals surface area contributed by atoms with Gasteiger partial charge in [-0.05, 0) is 62.1 Å². The molecule has 1 aliphatic rings. The molecule has 132 valence electrons. The van der Waals surface area contributed by atoms with Crippen LogP contribution in [0.1, 0.15) is 34.0 Å². The summed E-state index contributed by atoms with van der Waals surface area (Å²) >= 11 is 5.95. The Bertz CT molecular complexity index is 978. The Morgan fingerprint density at radius 1 is 1.12 bits per heavy atom. The third-order valence-corrected chi connectivity index (χ3v) is 4.95. The molecule has 2 heterocycles. The fourth-order valence-corrected chi connectivity index (χ4v) is 3.60. The van der Waals surface area contributed by atoms with Crippen LogP contribution in [0.3, 0.4) is 0 Å². The van der Waals surface area contributed by atoms with Gasteiger partial charge in [0, 0.05) is 11.6 Å². The van der Waals surface area contributed by atoms with Crippen molar-refractivity contribution >= 4 is 23.2 Å². The minimum Gasteiger partial charge on any atom is -0.305 e. The van der Waals surface area contributed by atoms with Crippen LogP contribution in [0.15, 0.2) is 42.5 Å². The third kappa shape index (κ3) is 2.88. The Hall–Kier alpha value is -2.66. The van der Waals surface area contributed by atoms with Gasteiger partial charge < -0.3 is 4.90 Å². The number of aryl methyl sites for hydroxylation is 3. The van der Waals surface area contributed by atoms with E-state index in [1.807, 2.05) is 43.0 Å². The van der Waals surface area contributed by atoms with E-state index in [9.17, 15) is 4.79 Å². The number of carbonyl (C=O) groups excluding carboxylic acids is 1. The standard InChI is InChI=1S/C20H19ClN4O/c1-13-5-3-6-15-7-4-12-24(18(13)15)20(26)19-22-14(2)25(23-19)17-10-8-16(21)9-11-17/h3,5-6,8-11H,4,7,12H2,1-2H3. The van der Waals surface area contributed by atoms with Crippen LogP contribution in [-0.2, 0) is 6.42 Å². The highest BCUT2D eigenvalue weighted by Gasteiger charge is 2.28. The van der Waals surface area contributed by atoms with Gasteiger partial charge in [0.2, 0.25) is 5.82 Å². The zero-order valence-corrected chi connectivity index (χ0v) is 15.5. The van der Waals surface area contributed by atoms with Gasteiger partial charge in [-0.25, -0.2) is 9.67 Å². The first-order valence-corrected chi connectivity index (χ1v) is 9.02. The van der Waals surface area contributed by atoms with Crippen molar-refractivity contribution in [3.63, 3.8) is 0 Å². The molecule has 0 unspecified atom stereocenters. The molecule has 2 aromatic carbocycles. The van der Waals surface area contributed by atoms with Gasteiger partial charge in [-0.15, -0.1) is 5.10 Å². The van der Waals surface area contributed by atoms with E-state index in [1.165, 1.54) is 5.56 Å². The first kappa shape index (κ1) is 16.8. The summed E-state index contributed by atoms with van der Waals surface area (Å²) in [6.07, 6.45) is 1.94. The van der Waals surface area contributed by atoms with Crippen LogP contribution >= 0.6 is 11.6 Å². The van der Waals surface area contributed by atoms with Gasteiger partial charge in [0.25, 0.3) is 5.91 Å². The summed E-state index contributed by atoms with van der Waals surface area (Å²) in [7, 11) is 0. The molecule has 3 aromatic rings. The van der Waals surface area contributed by atoms with Gasteiger partial charge in [-0.3, -0.25) is 4.79 Å². The van der Waals surface area contributed by atoms with Gasteiger partial charge >= 0.3 is 0 Å². The fourth-order valence-electron chi connectivity index (χ4n) is 3.48. The first-order valence-electron chi connectivity index (χ1n) is 8.64. The number of halogens is 1. The smallest absolute Gasteiger partial charge is 0.297 e. The van der Waals surface area contributed by atoms with E-state index >= 15 is 0 Å². The number of anilines is 1. The number of carbonyl (C=O) groups is 1. The van der Waals surface area contributed by atoms with Crippen molar-refractivity contribution in [1.29, 1.82) is 0 Å². The van der Waals surface area contributed by atoms with Crippen molar-refractivity contribution in [2.24, 2.45) is 0 Å². The van der Waals surface area contributed by atoms with Crippen molar-refractivity contribution in [3.8, 4) is 5.69 Å². The molecule has 1 aromatic heterocycles. The van der Waals surface area contributed by atoms with Crippen molar-refractivity contribution in [2.45, 2.75) is 26.7 Å². The summed E-state index contributed by atoms with van der Waals surface area (Å²) < 4.78 is 1.67. The molecular formula is C20H19ClN4O. The lowest BCUT2D eigenvalue weighted by molar-refractivity contribution is 0.0975. The Morgan fingerprint density at radius 3 is 2.65 bits per heavy atom. The SMILES string of the molecule is Cc1cccc2c1N(C(=O)c1nc(C)n(-c3ccc(Cl)cc3)n1)CCC2. The van der Waals surface area contributed by atoms with Gasteiger partial charge in [-0.1, -0.05) is 29.8 Å². The predicted molar refractivity (Wildman–Crippen MR) is 102 cm³/mol. The summed E-state index contributed by atoms with van der Waals surface area (Å²) in [6, 6.07) is 13.5. The van der Waals surface area contributed by atoms with E-state index in [4.69, 9.17) is 11.6 Å². The van der Waals surface area contributed by atoms with Crippen LogP contribution in [0.5, 0.6) is 0 Å². The van der Waals surface area contributed by atoms with E-state index in [2.05, 4.69) is 16.1 Å². The van der Waals surface area contributed by atoms with Crippen molar-refractivity contribution in [2.75, 3.05) is 11.4 Å². The average molecular weight is 367 g/mol. The molecule has 0 radical (unpaired) electrons. The molecule has 1 amide bonds. The normalized spacial score (nSPS) is 13.6. The molecule has 0 spiro atoms. The van der Waals surface area contributed by atoms with E-state index in [-0.39, 0.29) is 11.7 Å².